The van der Waals surface area contributed by atoms with E-state index in [-0.39, 0.29) is 5.60 Å². The summed E-state index contributed by atoms with van der Waals surface area (Å²) < 4.78 is 6.88. The van der Waals surface area contributed by atoms with Gasteiger partial charge in [0.15, 0.2) is 0 Å². The highest BCUT2D eigenvalue weighted by atomic mass is 79.9. The van der Waals surface area contributed by atoms with Gasteiger partial charge in [-0.25, -0.2) is 4.98 Å². The molecule has 0 spiro atoms. The molecule has 1 aliphatic heterocycles. The standard InChI is InChI=1S/C13H19BrN2O/c1-4-13(3)9-16(5-6-17-13)12-10(2)7-11(14)8-15-12/h7-8H,4-6,9H2,1-3H3. The summed E-state index contributed by atoms with van der Waals surface area (Å²) in [5.74, 6) is 1.08. The van der Waals surface area contributed by atoms with Crippen molar-refractivity contribution < 1.29 is 4.74 Å². The Labute approximate surface area is 111 Å². The van der Waals surface area contributed by atoms with Crippen LogP contribution in [0, 0.1) is 6.92 Å². The fraction of sp³-hybridized carbons (Fsp3) is 0.615. The van der Waals surface area contributed by atoms with Gasteiger partial charge in [0.2, 0.25) is 0 Å². The topological polar surface area (TPSA) is 25.4 Å². The van der Waals surface area contributed by atoms with E-state index in [1.54, 1.807) is 0 Å². The third kappa shape index (κ3) is 2.80. The number of rotatable bonds is 2. The van der Waals surface area contributed by atoms with Crippen LogP contribution in [0.4, 0.5) is 5.82 Å². The van der Waals surface area contributed by atoms with Crippen LogP contribution in [0.25, 0.3) is 0 Å². The van der Waals surface area contributed by atoms with Crippen molar-refractivity contribution in [1.82, 2.24) is 4.98 Å². The lowest BCUT2D eigenvalue weighted by molar-refractivity contribution is -0.0443. The first-order valence-electron chi connectivity index (χ1n) is 6.05. The second kappa shape index (κ2) is 4.94. The van der Waals surface area contributed by atoms with E-state index in [9.17, 15) is 0 Å². The molecule has 94 valence electrons. The third-order valence-corrected chi connectivity index (χ3v) is 3.84. The largest absolute Gasteiger partial charge is 0.372 e. The maximum Gasteiger partial charge on any atom is 0.131 e. The van der Waals surface area contributed by atoms with Crippen LogP contribution in [0.15, 0.2) is 16.7 Å². The van der Waals surface area contributed by atoms with Crippen molar-refractivity contribution in [2.24, 2.45) is 0 Å². The summed E-state index contributed by atoms with van der Waals surface area (Å²) in [6.45, 7) is 9.07. The highest BCUT2D eigenvalue weighted by Gasteiger charge is 2.31. The Morgan fingerprint density at radius 2 is 2.35 bits per heavy atom. The molecule has 17 heavy (non-hydrogen) atoms. The van der Waals surface area contributed by atoms with E-state index in [4.69, 9.17) is 4.74 Å². The van der Waals surface area contributed by atoms with E-state index < -0.39 is 0 Å². The Balaban J connectivity index is 2.22. The smallest absolute Gasteiger partial charge is 0.131 e. The van der Waals surface area contributed by atoms with Crippen LogP contribution in [0.5, 0.6) is 0 Å². The maximum absolute atomic E-state index is 5.85. The summed E-state index contributed by atoms with van der Waals surface area (Å²) >= 11 is 3.45. The van der Waals surface area contributed by atoms with Crippen LogP contribution in [0.2, 0.25) is 0 Å². The Kier molecular flexibility index (Phi) is 3.73. The molecule has 0 bridgehead atoms. The number of anilines is 1. The van der Waals surface area contributed by atoms with Gasteiger partial charge in [0.25, 0.3) is 0 Å². The molecule has 1 saturated heterocycles. The summed E-state index contributed by atoms with van der Waals surface area (Å²) in [5, 5.41) is 0. The van der Waals surface area contributed by atoms with Crippen LogP contribution < -0.4 is 4.90 Å². The lowest BCUT2D eigenvalue weighted by atomic mass is 10.0. The van der Waals surface area contributed by atoms with Gasteiger partial charge in [-0.2, -0.15) is 0 Å². The first-order chi connectivity index (χ1) is 8.04. The number of morpholine rings is 1. The molecule has 0 N–H and O–H groups in total. The number of nitrogens with zero attached hydrogens (tertiary/aromatic N) is 2. The number of aromatic nitrogens is 1. The van der Waals surface area contributed by atoms with Crippen molar-refractivity contribution in [1.29, 1.82) is 0 Å². The molecule has 1 atom stereocenters. The normalized spacial score (nSPS) is 25.1. The molecule has 1 unspecified atom stereocenters. The second-order valence-corrected chi connectivity index (χ2v) is 5.78. The van der Waals surface area contributed by atoms with Crippen molar-refractivity contribution in [3.8, 4) is 0 Å². The number of aryl methyl sites for hydroxylation is 1. The number of hydrogen-bond donors (Lipinski definition) is 0. The highest BCUT2D eigenvalue weighted by molar-refractivity contribution is 9.10. The summed E-state index contributed by atoms with van der Waals surface area (Å²) in [7, 11) is 0. The van der Waals surface area contributed by atoms with E-state index in [0.29, 0.717) is 0 Å². The first kappa shape index (κ1) is 12.8. The summed E-state index contributed by atoms with van der Waals surface area (Å²) in [4.78, 5) is 6.85. The van der Waals surface area contributed by atoms with Crippen molar-refractivity contribution in [2.45, 2.75) is 32.8 Å². The predicted molar refractivity (Wildman–Crippen MR) is 73.5 cm³/mol. The van der Waals surface area contributed by atoms with Gasteiger partial charge in [-0.15, -0.1) is 0 Å². The molecule has 1 aliphatic rings. The first-order valence-corrected chi connectivity index (χ1v) is 6.84. The number of halogens is 1. The molecule has 4 heteroatoms. The molecule has 2 heterocycles. The van der Waals surface area contributed by atoms with Gasteiger partial charge in [0.05, 0.1) is 12.2 Å². The third-order valence-electron chi connectivity index (χ3n) is 3.40. The molecule has 0 aromatic carbocycles. The van der Waals surface area contributed by atoms with Crippen molar-refractivity contribution >= 4 is 21.7 Å². The van der Waals surface area contributed by atoms with Gasteiger partial charge in [0, 0.05) is 23.8 Å². The van der Waals surface area contributed by atoms with E-state index >= 15 is 0 Å². The van der Waals surface area contributed by atoms with Crippen molar-refractivity contribution in [3.63, 3.8) is 0 Å². The van der Waals surface area contributed by atoms with Crippen molar-refractivity contribution in [3.05, 3.63) is 22.3 Å². The van der Waals surface area contributed by atoms with Gasteiger partial charge in [-0.1, -0.05) is 6.92 Å². The minimum absolute atomic E-state index is 0.0422. The quantitative estimate of drug-likeness (QED) is 0.839. The molecule has 1 fully saturated rings. The lowest BCUT2D eigenvalue weighted by Crippen LogP contribution is -2.50. The average molecular weight is 299 g/mol. The molecule has 1 aromatic rings. The van der Waals surface area contributed by atoms with Crippen LogP contribution in [0.3, 0.4) is 0 Å². The zero-order valence-corrected chi connectivity index (χ0v) is 12.2. The van der Waals surface area contributed by atoms with Gasteiger partial charge in [-0.05, 0) is 47.8 Å². The molecule has 1 aromatic heterocycles. The molecule has 0 saturated carbocycles. The van der Waals surface area contributed by atoms with Gasteiger partial charge in [0.1, 0.15) is 5.82 Å². The Hall–Kier alpha value is -0.610. The Morgan fingerprint density at radius 1 is 1.59 bits per heavy atom. The zero-order chi connectivity index (χ0) is 12.5. The van der Waals surface area contributed by atoms with E-state index in [1.807, 2.05) is 6.20 Å². The van der Waals surface area contributed by atoms with Gasteiger partial charge >= 0.3 is 0 Å². The Bertz CT molecular complexity index is 410. The molecular formula is C13H19BrN2O. The van der Waals surface area contributed by atoms with Crippen LogP contribution >= 0.6 is 15.9 Å². The van der Waals surface area contributed by atoms with Crippen LogP contribution in [0.1, 0.15) is 25.8 Å². The minimum Gasteiger partial charge on any atom is -0.372 e. The van der Waals surface area contributed by atoms with E-state index in [0.717, 1.165) is 36.4 Å². The Morgan fingerprint density at radius 3 is 3.00 bits per heavy atom. The van der Waals surface area contributed by atoms with E-state index in [1.165, 1.54) is 5.56 Å². The molecule has 0 amide bonds. The average Bonchev–Trinajstić information content (AvgIpc) is 2.29. The van der Waals surface area contributed by atoms with Crippen molar-refractivity contribution in [2.75, 3.05) is 24.6 Å². The van der Waals surface area contributed by atoms with Gasteiger partial charge < -0.3 is 9.64 Å². The number of pyridine rings is 1. The SMILES string of the molecule is CCC1(C)CN(c2ncc(Br)cc2C)CCO1. The molecule has 3 nitrogen and oxygen atoms in total. The second-order valence-electron chi connectivity index (χ2n) is 4.87. The van der Waals surface area contributed by atoms with Crippen LogP contribution in [-0.2, 0) is 4.74 Å². The fourth-order valence-corrected chi connectivity index (χ4v) is 2.64. The predicted octanol–water partition coefficient (Wildman–Crippen LogP) is 3.16. The van der Waals surface area contributed by atoms with Gasteiger partial charge in [-0.3, -0.25) is 0 Å². The summed E-state index contributed by atoms with van der Waals surface area (Å²) in [6.07, 6.45) is 2.89. The molecule has 0 radical (unpaired) electrons. The monoisotopic (exact) mass is 298 g/mol. The summed E-state index contributed by atoms with van der Waals surface area (Å²) in [5.41, 5.74) is 1.17. The maximum atomic E-state index is 5.85. The summed E-state index contributed by atoms with van der Waals surface area (Å²) in [6, 6.07) is 2.11. The molecule has 0 aliphatic carbocycles. The number of hydrogen-bond acceptors (Lipinski definition) is 3. The van der Waals surface area contributed by atoms with E-state index in [2.05, 4.69) is 52.7 Å². The zero-order valence-electron chi connectivity index (χ0n) is 10.7. The van der Waals surface area contributed by atoms with Crippen LogP contribution in [-0.4, -0.2) is 30.3 Å². The fourth-order valence-electron chi connectivity index (χ4n) is 2.19. The molecule has 2 rings (SSSR count). The lowest BCUT2D eigenvalue weighted by Gasteiger charge is -2.41. The minimum atomic E-state index is -0.0422. The highest BCUT2D eigenvalue weighted by Crippen LogP contribution is 2.27. The number of ether oxygens (including phenoxy) is 1. The molecular weight excluding hydrogens is 280 g/mol.